The second kappa shape index (κ2) is 4.49. The van der Waals surface area contributed by atoms with E-state index in [0.29, 0.717) is 5.92 Å². The fraction of sp³-hybridized carbons (Fsp3) is 0.636. The van der Waals surface area contributed by atoms with Gasteiger partial charge in [0.15, 0.2) is 0 Å². The third-order valence-electron chi connectivity index (χ3n) is 2.68. The van der Waals surface area contributed by atoms with Gasteiger partial charge in [0.05, 0.1) is 10.7 Å². The summed E-state index contributed by atoms with van der Waals surface area (Å²) in [4.78, 5) is 0. The van der Waals surface area contributed by atoms with Crippen molar-refractivity contribution in [3.8, 4) is 0 Å². The third kappa shape index (κ3) is 2.61. The first kappa shape index (κ1) is 10.2. The molecule has 1 N–H and O–H groups in total. The molecule has 0 saturated heterocycles. The largest absolute Gasteiger partial charge is 0.468 e. The number of rotatable bonds is 5. The van der Waals surface area contributed by atoms with Gasteiger partial charge in [-0.05, 0) is 47.8 Å². The van der Waals surface area contributed by atoms with Crippen LogP contribution in [-0.4, -0.2) is 12.6 Å². The predicted molar refractivity (Wildman–Crippen MR) is 60.5 cm³/mol. The summed E-state index contributed by atoms with van der Waals surface area (Å²) >= 11 is 3.49. The van der Waals surface area contributed by atoms with Gasteiger partial charge in [-0.1, -0.05) is 6.92 Å². The zero-order chi connectivity index (χ0) is 9.97. The summed E-state index contributed by atoms with van der Waals surface area (Å²) in [6, 6.07) is 2.77. The Balaban J connectivity index is 1.76. The van der Waals surface area contributed by atoms with Crippen LogP contribution in [-0.2, 0) is 0 Å². The highest BCUT2D eigenvalue weighted by Gasteiger charge is 2.20. The molecule has 1 aliphatic carbocycles. The molecule has 14 heavy (non-hydrogen) atoms. The highest BCUT2D eigenvalue weighted by Crippen LogP contribution is 2.28. The Morgan fingerprint density at radius 2 is 2.43 bits per heavy atom. The van der Waals surface area contributed by atoms with Crippen molar-refractivity contribution in [3.05, 3.63) is 22.6 Å². The van der Waals surface area contributed by atoms with Gasteiger partial charge in [-0.2, -0.15) is 0 Å². The van der Waals surface area contributed by atoms with Crippen LogP contribution in [0.25, 0.3) is 0 Å². The molecule has 1 fully saturated rings. The van der Waals surface area contributed by atoms with Gasteiger partial charge >= 0.3 is 0 Å². The van der Waals surface area contributed by atoms with E-state index in [-0.39, 0.29) is 0 Å². The van der Waals surface area contributed by atoms with Gasteiger partial charge in [0.2, 0.25) is 0 Å². The maximum atomic E-state index is 5.42. The molecule has 1 unspecified atom stereocenters. The summed E-state index contributed by atoms with van der Waals surface area (Å²) in [5.41, 5.74) is 0. The van der Waals surface area contributed by atoms with Gasteiger partial charge in [0, 0.05) is 12.0 Å². The van der Waals surface area contributed by atoms with Crippen LogP contribution in [0.15, 0.2) is 21.2 Å². The van der Waals surface area contributed by atoms with E-state index >= 15 is 0 Å². The Hall–Kier alpha value is -0.280. The van der Waals surface area contributed by atoms with E-state index in [9.17, 15) is 0 Å². The van der Waals surface area contributed by atoms with Crippen LogP contribution in [0.4, 0.5) is 0 Å². The normalized spacial score (nSPS) is 18.4. The molecular weight excluding hydrogens is 242 g/mol. The molecule has 0 amide bonds. The first-order valence-corrected chi connectivity index (χ1v) is 6.03. The molecule has 1 atom stereocenters. The molecule has 78 valence electrons. The average Bonchev–Trinajstić information content (AvgIpc) is 2.87. The lowest BCUT2D eigenvalue weighted by atomic mass is 10.1. The summed E-state index contributed by atoms with van der Waals surface area (Å²) < 4.78 is 6.52. The van der Waals surface area contributed by atoms with Crippen LogP contribution < -0.4 is 5.32 Å². The fourth-order valence-corrected chi connectivity index (χ4v) is 2.17. The maximum Gasteiger partial charge on any atom is 0.120 e. The highest BCUT2D eigenvalue weighted by atomic mass is 79.9. The lowest BCUT2D eigenvalue weighted by Crippen LogP contribution is -2.18. The number of halogens is 1. The van der Waals surface area contributed by atoms with Crippen LogP contribution in [0.3, 0.4) is 0 Å². The standard InChI is InChI=1S/C11H16BrNO/c1-8(4-6-13-9-2-3-9)11-10(12)5-7-14-11/h5,7-9,13H,2-4,6H2,1H3. The van der Waals surface area contributed by atoms with Crippen molar-refractivity contribution in [1.82, 2.24) is 5.32 Å². The predicted octanol–water partition coefficient (Wildman–Crippen LogP) is 3.29. The third-order valence-corrected chi connectivity index (χ3v) is 3.34. The van der Waals surface area contributed by atoms with Crippen LogP contribution >= 0.6 is 15.9 Å². The lowest BCUT2D eigenvalue weighted by molar-refractivity contribution is 0.451. The van der Waals surface area contributed by atoms with Crippen molar-refractivity contribution >= 4 is 15.9 Å². The molecule has 1 aromatic rings. The van der Waals surface area contributed by atoms with Crippen molar-refractivity contribution in [2.75, 3.05) is 6.54 Å². The summed E-state index contributed by atoms with van der Waals surface area (Å²) in [5.74, 6) is 1.56. The van der Waals surface area contributed by atoms with E-state index in [1.165, 1.54) is 12.8 Å². The number of furan rings is 1. The zero-order valence-corrected chi connectivity index (χ0v) is 10.0. The van der Waals surface area contributed by atoms with E-state index < -0.39 is 0 Å². The van der Waals surface area contributed by atoms with E-state index in [4.69, 9.17) is 4.42 Å². The molecule has 0 spiro atoms. The van der Waals surface area contributed by atoms with Crippen LogP contribution in [0, 0.1) is 0 Å². The van der Waals surface area contributed by atoms with E-state index in [0.717, 1.165) is 29.2 Å². The molecule has 0 aliphatic heterocycles. The first-order chi connectivity index (χ1) is 6.77. The van der Waals surface area contributed by atoms with Crippen LogP contribution in [0.2, 0.25) is 0 Å². The molecule has 1 aliphatic rings. The summed E-state index contributed by atoms with van der Waals surface area (Å²) in [6.45, 7) is 3.30. The van der Waals surface area contributed by atoms with Crippen molar-refractivity contribution in [3.63, 3.8) is 0 Å². The SMILES string of the molecule is CC(CCNC1CC1)c1occc1Br. The molecule has 0 radical (unpaired) electrons. The molecule has 3 heteroatoms. The van der Waals surface area contributed by atoms with Crippen molar-refractivity contribution in [1.29, 1.82) is 0 Å². The summed E-state index contributed by atoms with van der Waals surface area (Å²) in [5, 5.41) is 3.51. The monoisotopic (exact) mass is 257 g/mol. The molecule has 0 bridgehead atoms. The molecule has 2 rings (SSSR count). The smallest absolute Gasteiger partial charge is 0.120 e. The van der Waals surface area contributed by atoms with E-state index in [1.807, 2.05) is 6.07 Å². The molecule has 1 heterocycles. The minimum absolute atomic E-state index is 0.491. The number of nitrogens with one attached hydrogen (secondary N) is 1. The molecule has 1 saturated carbocycles. The Morgan fingerprint density at radius 3 is 3.00 bits per heavy atom. The van der Waals surface area contributed by atoms with E-state index in [2.05, 4.69) is 28.2 Å². The van der Waals surface area contributed by atoms with Gasteiger partial charge in [-0.3, -0.25) is 0 Å². The molecule has 0 aromatic carbocycles. The average molecular weight is 258 g/mol. The van der Waals surface area contributed by atoms with Gasteiger partial charge in [-0.15, -0.1) is 0 Å². The molecule has 2 nitrogen and oxygen atoms in total. The first-order valence-electron chi connectivity index (χ1n) is 5.23. The van der Waals surface area contributed by atoms with Gasteiger partial charge in [0.25, 0.3) is 0 Å². The van der Waals surface area contributed by atoms with Crippen molar-refractivity contribution in [2.24, 2.45) is 0 Å². The number of hydrogen-bond acceptors (Lipinski definition) is 2. The van der Waals surface area contributed by atoms with Gasteiger partial charge in [0.1, 0.15) is 5.76 Å². The van der Waals surface area contributed by atoms with Crippen LogP contribution in [0.5, 0.6) is 0 Å². The van der Waals surface area contributed by atoms with E-state index in [1.54, 1.807) is 6.26 Å². The minimum Gasteiger partial charge on any atom is -0.468 e. The Labute approximate surface area is 93.2 Å². The molecule has 1 aromatic heterocycles. The second-order valence-electron chi connectivity index (χ2n) is 4.05. The number of hydrogen-bond donors (Lipinski definition) is 1. The Morgan fingerprint density at radius 1 is 1.64 bits per heavy atom. The topological polar surface area (TPSA) is 25.2 Å². The Bertz CT molecular complexity index is 293. The molecular formula is C11H16BrNO. The lowest BCUT2D eigenvalue weighted by Gasteiger charge is -2.09. The van der Waals surface area contributed by atoms with Gasteiger partial charge < -0.3 is 9.73 Å². The minimum atomic E-state index is 0.491. The fourth-order valence-electron chi connectivity index (χ4n) is 1.58. The Kier molecular flexibility index (Phi) is 3.29. The quantitative estimate of drug-likeness (QED) is 0.876. The van der Waals surface area contributed by atoms with Gasteiger partial charge in [-0.25, -0.2) is 0 Å². The van der Waals surface area contributed by atoms with Crippen molar-refractivity contribution in [2.45, 2.75) is 38.1 Å². The summed E-state index contributed by atoms with van der Waals surface area (Å²) in [7, 11) is 0. The maximum absolute atomic E-state index is 5.42. The highest BCUT2D eigenvalue weighted by molar-refractivity contribution is 9.10. The van der Waals surface area contributed by atoms with Crippen molar-refractivity contribution < 1.29 is 4.42 Å². The second-order valence-corrected chi connectivity index (χ2v) is 4.91. The summed E-state index contributed by atoms with van der Waals surface area (Å²) in [6.07, 6.45) is 5.60. The van der Waals surface area contributed by atoms with Crippen LogP contribution in [0.1, 0.15) is 37.9 Å². The zero-order valence-electron chi connectivity index (χ0n) is 8.42.